The SMILES string of the molecule is Clc1cccc(NN=CC=Cc2ccoc2)n1. The Balaban J connectivity index is 1.86. The zero-order chi connectivity index (χ0) is 11.9. The molecule has 17 heavy (non-hydrogen) atoms. The highest BCUT2D eigenvalue weighted by Gasteiger charge is 1.91. The summed E-state index contributed by atoms with van der Waals surface area (Å²) < 4.78 is 4.92. The van der Waals surface area contributed by atoms with E-state index in [-0.39, 0.29) is 0 Å². The van der Waals surface area contributed by atoms with Crippen LogP contribution in [-0.2, 0) is 0 Å². The molecule has 5 heteroatoms. The van der Waals surface area contributed by atoms with Gasteiger partial charge in [-0.3, -0.25) is 5.43 Å². The van der Waals surface area contributed by atoms with Gasteiger partial charge in [0.05, 0.1) is 12.5 Å². The lowest BCUT2D eigenvalue weighted by Crippen LogP contribution is -1.91. The van der Waals surface area contributed by atoms with E-state index in [2.05, 4.69) is 15.5 Å². The number of furan rings is 1. The molecule has 0 saturated heterocycles. The summed E-state index contributed by atoms with van der Waals surface area (Å²) in [6.45, 7) is 0. The standard InChI is InChI=1S/C12H10ClN3O/c13-11-4-1-5-12(15-11)16-14-7-2-3-10-6-8-17-9-10/h1-9H,(H,15,16). The molecule has 2 rings (SSSR count). The van der Waals surface area contributed by atoms with Gasteiger partial charge in [-0.1, -0.05) is 23.7 Å². The minimum atomic E-state index is 0.430. The maximum Gasteiger partial charge on any atom is 0.147 e. The smallest absolute Gasteiger partial charge is 0.147 e. The van der Waals surface area contributed by atoms with Crippen LogP contribution in [0.5, 0.6) is 0 Å². The molecule has 86 valence electrons. The molecule has 1 N–H and O–H groups in total. The summed E-state index contributed by atoms with van der Waals surface area (Å²) >= 11 is 5.73. The second-order valence-corrected chi connectivity index (χ2v) is 3.54. The summed E-state index contributed by atoms with van der Waals surface area (Å²) in [6.07, 6.45) is 8.55. The molecule has 2 aromatic heterocycles. The summed E-state index contributed by atoms with van der Waals surface area (Å²) in [5.41, 5.74) is 3.75. The van der Waals surface area contributed by atoms with Crippen LogP contribution in [-0.4, -0.2) is 11.2 Å². The summed E-state index contributed by atoms with van der Waals surface area (Å²) in [5.74, 6) is 0.602. The van der Waals surface area contributed by atoms with Gasteiger partial charge in [-0.25, -0.2) is 4.98 Å². The normalized spacial score (nSPS) is 11.4. The molecule has 0 aliphatic rings. The average molecular weight is 248 g/mol. The van der Waals surface area contributed by atoms with E-state index in [0.717, 1.165) is 5.56 Å². The molecule has 0 aliphatic heterocycles. The first-order valence-corrected chi connectivity index (χ1v) is 5.33. The van der Waals surface area contributed by atoms with Crippen LogP contribution in [0, 0.1) is 0 Å². The largest absolute Gasteiger partial charge is 0.472 e. The third-order valence-corrected chi connectivity index (χ3v) is 2.10. The van der Waals surface area contributed by atoms with Crippen LogP contribution in [0.1, 0.15) is 5.56 Å². The highest BCUT2D eigenvalue weighted by molar-refractivity contribution is 6.29. The van der Waals surface area contributed by atoms with E-state index in [1.807, 2.05) is 12.1 Å². The lowest BCUT2D eigenvalue weighted by atomic mass is 10.3. The first-order chi connectivity index (χ1) is 8.34. The van der Waals surface area contributed by atoms with Crippen molar-refractivity contribution in [2.45, 2.75) is 0 Å². The zero-order valence-corrected chi connectivity index (χ0v) is 9.63. The molecule has 0 radical (unpaired) electrons. The summed E-state index contributed by atoms with van der Waals surface area (Å²) in [5, 5.41) is 4.40. The molecule has 4 nitrogen and oxygen atoms in total. The molecular weight excluding hydrogens is 238 g/mol. The second-order valence-electron chi connectivity index (χ2n) is 3.15. The third kappa shape index (κ3) is 3.77. The van der Waals surface area contributed by atoms with Crippen molar-refractivity contribution in [3.8, 4) is 0 Å². The number of halogens is 1. The number of nitrogens with one attached hydrogen (secondary N) is 1. The van der Waals surface area contributed by atoms with E-state index in [0.29, 0.717) is 11.0 Å². The Kier molecular flexibility index (Phi) is 3.94. The van der Waals surface area contributed by atoms with Crippen molar-refractivity contribution in [2.75, 3.05) is 5.43 Å². The molecule has 0 amide bonds. The van der Waals surface area contributed by atoms with Gasteiger partial charge in [0.15, 0.2) is 0 Å². The zero-order valence-electron chi connectivity index (χ0n) is 8.88. The minimum Gasteiger partial charge on any atom is -0.472 e. The molecule has 2 heterocycles. The van der Waals surface area contributed by atoms with Gasteiger partial charge in [0.1, 0.15) is 11.0 Å². The summed E-state index contributed by atoms with van der Waals surface area (Å²) in [7, 11) is 0. The number of allylic oxidation sites excluding steroid dienone is 1. The van der Waals surface area contributed by atoms with Crippen molar-refractivity contribution in [1.29, 1.82) is 0 Å². The van der Waals surface area contributed by atoms with Crippen LogP contribution < -0.4 is 5.43 Å². The third-order valence-electron chi connectivity index (χ3n) is 1.89. The number of pyridine rings is 1. The van der Waals surface area contributed by atoms with E-state index in [1.165, 1.54) is 0 Å². The number of hydrogen-bond donors (Lipinski definition) is 1. The minimum absolute atomic E-state index is 0.430. The van der Waals surface area contributed by atoms with E-state index >= 15 is 0 Å². The van der Waals surface area contributed by atoms with Crippen LogP contribution in [0.2, 0.25) is 5.15 Å². The van der Waals surface area contributed by atoms with E-state index in [9.17, 15) is 0 Å². The quantitative estimate of drug-likeness (QED) is 0.512. The molecule has 0 aromatic carbocycles. The predicted octanol–water partition coefficient (Wildman–Crippen LogP) is 3.44. The van der Waals surface area contributed by atoms with Gasteiger partial charge in [0.25, 0.3) is 0 Å². The first kappa shape index (κ1) is 11.4. The van der Waals surface area contributed by atoms with Crippen molar-refractivity contribution in [1.82, 2.24) is 4.98 Å². The Morgan fingerprint density at radius 3 is 3.06 bits per heavy atom. The van der Waals surface area contributed by atoms with Gasteiger partial charge in [-0.15, -0.1) is 0 Å². The predicted molar refractivity (Wildman–Crippen MR) is 69.1 cm³/mol. The number of rotatable bonds is 4. The topological polar surface area (TPSA) is 50.4 Å². The van der Waals surface area contributed by atoms with Crippen molar-refractivity contribution in [3.63, 3.8) is 0 Å². The molecule has 0 spiro atoms. The lowest BCUT2D eigenvalue weighted by Gasteiger charge is -1.97. The van der Waals surface area contributed by atoms with Gasteiger partial charge in [-0.2, -0.15) is 5.10 Å². The lowest BCUT2D eigenvalue weighted by molar-refractivity contribution is 0.567. The van der Waals surface area contributed by atoms with E-state index < -0.39 is 0 Å². The van der Waals surface area contributed by atoms with Crippen LogP contribution in [0.4, 0.5) is 5.82 Å². The summed E-state index contributed by atoms with van der Waals surface area (Å²) in [6, 6.07) is 7.14. The van der Waals surface area contributed by atoms with Gasteiger partial charge >= 0.3 is 0 Å². The van der Waals surface area contributed by atoms with Crippen molar-refractivity contribution >= 4 is 29.7 Å². The number of nitrogens with zero attached hydrogens (tertiary/aromatic N) is 2. The van der Waals surface area contributed by atoms with Crippen molar-refractivity contribution in [2.24, 2.45) is 5.10 Å². The van der Waals surface area contributed by atoms with E-state index in [4.69, 9.17) is 16.0 Å². The first-order valence-electron chi connectivity index (χ1n) is 4.95. The number of aromatic nitrogens is 1. The van der Waals surface area contributed by atoms with Gasteiger partial charge in [0, 0.05) is 11.8 Å². The fourth-order valence-electron chi connectivity index (χ4n) is 1.14. The van der Waals surface area contributed by atoms with Crippen molar-refractivity contribution in [3.05, 3.63) is 53.6 Å². The molecular formula is C12H10ClN3O. The molecule has 0 fully saturated rings. The second kappa shape index (κ2) is 5.86. The number of hydrogen-bond acceptors (Lipinski definition) is 4. The van der Waals surface area contributed by atoms with E-state index in [1.54, 1.807) is 43.0 Å². The maximum atomic E-state index is 5.73. The Morgan fingerprint density at radius 2 is 2.29 bits per heavy atom. The van der Waals surface area contributed by atoms with Crippen molar-refractivity contribution < 1.29 is 4.42 Å². The number of anilines is 1. The Hall–Kier alpha value is -2.07. The highest BCUT2D eigenvalue weighted by Crippen LogP contribution is 2.08. The Morgan fingerprint density at radius 1 is 1.35 bits per heavy atom. The molecule has 0 unspecified atom stereocenters. The van der Waals surface area contributed by atoms with Crippen LogP contribution in [0.25, 0.3) is 6.08 Å². The van der Waals surface area contributed by atoms with Crippen LogP contribution in [0.3, 0.4) is 0 Å². The molecule has 0 saturated carbocycles. The van der Waals surface area contributed by atoms with Gasteiger partial charge in [-0.05, 0) is 24.3 Å². The van der Waals surface area contributed by atoms with Crippen LogP contribution >= 0.6 is 11.6 Å². The van der Waals surface area contributed by atoms with Gasteiger partial charge in [0.2, 0.25) is 0 Å². The molecule has 2 aromatic rings. The fourth-order valence-corrected chi connectivity index (χ4v) is 1.30. The van der Waals surface area contributed by atoms with Crippen LogP contribution in [0.15, 0.2) is 52.4 Å². The Bertz CT molecular complexity index is 520. The molecule has 0 atom stereocenters. The maximum absolute atomic E-state index is 5.73. The highest BCUT2D eigenvalue weighted by atomic mass is 35.5. The fraction of sp³-hybridized carbons (Fsp3) is 0. The molecule has 0 aliphatic carbocycles. The monoisotopic (exact) mass is 247 g/mol. The Labute approximate surface area is 104 Å². The number of hydrazone groups is 1. The van der Waals surface area contributed by atoms with Gasteiger partial charge < -0.3 is 4.42 Å². The average Bonchev–Trinajstić information content (AvgIpc) is 2.82. The summed E-state index contributed by atoms with van der Waals surface area (Å²) in [4.78, 5) is 4.02. The molecule has 0 bridgehead atoms.